The van der Waals surface area contributed by atoms with Crippen molar-refractivity contribution in [3.63, 3.8) is 0 Å². The van der Waals surface area contributed by atoms with Crippen LogP contribution in [0.2, 0.25) is 0 Å². The molecule has 1 N–H and O–H groups in total. The Kier molecular flexibility index (Phi) is 7.96. The molecule has 0 radical (unpaired) electrons. The highest BCUT2D eigenvalue weighted by atomic mass is 15.3. The summed E-state index contributed by atoms with van der Waals surface area (Å²) in [5.41, 5.74) is 0. The highest BCUT2D eigenvalue weighted by molar-refractivity contribution is 4.82. The van der Waals surface area contributed by atoms with Gasteiger partial charge in [-0.05, 0) is 25.8 Å². The first kappa shape index (κ1) is 16.9. The summed E-state index contributed by atoms with van der Waals surface area (Å²) in [5.74, 6) is 0.732. The molecule has 0 amide bonds. The van der Waals surface area contributed by atoms with Crippen LogP contribution in [0.1, 0.15) is 47.0 Å². The first-order valence-electron chi connectivity index (χ1n) is 8.24. The van der Waals surface area contributed by atoms with Gasteiger partial charge in [-0.2, -0.15) is 0 Å². The van der Waals surface area contributed by atoms with E-state index in [1.54, 1.807) is 0 Å². The van der Waals surface area contributed by atoms with Crippen molar-refractivity contribution in [3.05, 3.63) is 0 Å². The largest absolute Gasteiger partial charge is 0.312 e. The topological polar surface area (TPSA) is 18.5 Å². The average Bonchev–Trinajstić information content (AvgIpc) is 2.39. The van der Waals surface area contributed by atoms with Crippen LogP contribution < -0.4 is 5.32 Å². The van der Waals surface area contributed by atoms with Gasteiger partial charge >= 0.3 is 0 Å². The van der Waals surface area contributed by atoms with Crippen molar-refractivity contribution in [3.8, 4) is 0 Å². The molecule has 0 spiro atoms. The number of hydrogen-bond acceptors (Lipinski definition) is 3. The molecule has 114 valence electrons. The third-order valence-corrected chi connectivity index (χ3v) is 4.52. The first-order valence-corrected chi connectivity index (χ1v) is 8.24. The Bertz CT molecular complexity index is 222. The van der Waals surface area contributed by atoms with Crippen molar-refractivity contribution < 1.29 is 0 Å². The lowest BCUT2D eigenvalue weighted by Gasteiger charge is -2.40. The van der Waals surface area contributed by atoms with Gasteiger partial charge in [0, 0.05) is 44.8 Å². The first-order chi connectivity index (χ1) is 9.08. The Morgan fingerprint density at radius 3 is 2.16 bits per heavy atom. The molecule has 1 saturated heterocycles. The van der Waals surface area contributed by atoms with E-state index in [1.807, 2.05) is 0 Å². The molecule has 1 rings (SSSR count). The second-order valence-electron chi connectivity index (χ2n) is 6.45. The third-order valence-electron chi connectivity index (χ3n) is 4.52. The van der Waals surface area contributed by atoms with Gasteiger partial charge in [0.1, 0.15) is 0 Å². The van der Waals surface area contributed by atoms with Crippen molar-refractivity contribution in [2.75, 3.05) is 39.8 Å². The maximum Gasteiger partial charge on any atom is 0.0244 e. The molecule has 3 nitrogen and oxygen atoms in total. The summed E-state index contributed by atoms with van der Waals surface area (Å²) in [6, 6.07) is 1.40. The van der Waals surface area contributed by atoms with Crippen LogP contribution in [-0.4, -0.2) is 61.7 Å². The van der Waals surface area contributed by atoms with E-state index in [2.05, 4.69) is 49.9 Å². The van der Waals surface area contributed by atoms with E-state index in [0.29, 0.717) is 12.1 Å². The van der Waals surface area contributed by atoms with Crippen molar-refractivity contribution in [1.29, 1.82) is 0 Å². The highest BCUT2D eigenvalue weighted by Gasteiger charge is 2.25. The van der Waals surface area contributed by atoms with Crippen molar-refractivity contribution in [1.82, 2.24) is 15.1 Å². The van der Waals surface area contributed by atoms with Gasteiger partial charge in [0.25, 0.3) is 0 Å². The monoisotopic (exact) mass is 269 g/mol. The summed E-state index contributed by atoms with van der Waals surface area (Å²) in [4.78, 5) is 5.13. The molecule has 1 aliphatic heterocycles. The Balaban J connectivity index is 2.44. The Labute approximate surface area is 120 Å². The molecule has 2 unspecified atom stereocenters. The maximum atomic E-state index is 3.81. The zero-order valence-corrected chi connectivity index (χ0v) is 13.8. The smallest absolute Gasteiger partial charge is 0.0244 e. The van der Waals surface area contributed by atoms with Gasteiger partial charge in [0.15, 0.2) is 0 Å². The Hall–Kier alpha value is -0.120. The summed E-state index contributed by atoms with van der Waals surface area (Å²) in [7, 11) is 2.23. The fourth-order valence-corrected chi connectivity index (χ4v) is 3.03. The molecule has 2 atom stereocenters. The van der Waals surface area contributed by atoms with Gasteiger partial charge in [0.05, 0.1) is 0 Å². The van der Waals surface area contributed by atoms with Gasteiger partial charge in [-0.15, -0.1) is 0 Å². The molecule has 3 heteroatoms. The summed E-state index contributed by atoms with van der Waals surface area (Å²) in [5, 5.41) is 3.81. The Morgan fingerprint density at radius 2 is 1.68 bits per heavy atom. The van der Waals surface area contributed by atoms with Gasteiger partial charge in [-0.1, -0.05) is 34.1 Å². The summed E-state index contributed by atoms with van der Waals surface area (Å²) in [6.45, 7) is 15.4. The predicted molar refractivity (Wildman–Crippen MR) is 84.7 cm³/mol. The molecule has 0 aromatic carbocycles. The minimum atomic E-state index is 0.694. The Morgan fingerprint density at radius 1 is 1.05 bits per heavy atom. The molecule has 1 aliphatic rings. The van der Waals surface area contributed by atoms with Crippen molar-refractivity contribution >= 4 is 0 Å². The minimum absolute atomic E-state index is 0.694. The maximum absolute atomic E-state index is 3.81. The quantitative estimate of drug-likeness (QED) is 0.730. The standard InChI is InChI=1S/C16H35N3/c1-6-8-15(7-2)17-13-16(14(3)4)19-11-9-18(5)10-12-19/h14-17H,6-13H2,1-5H3. The molecule has 19 heavy (non-hydrogen) atoms. The zero-order valence-electron chi connectivity index (χ0n) is 13.8. The van der Waals surface area contributed by atoms with E-state index in [0.717, 1.165) is 12.5 Å². The number of likely N-dealkylation sites (N-methyl/N-ethyl adjacent to an activating group) is 1. The SMILES string of the molecule is CCCC(CC)NCC(C(C)C)N1CCN(C)CC1. The molecule has 0 saturated carbocycles. The highest BCUT2D eigenvalue weighted by Crippen LogP contribution is 2.13. The van der Waals surface area contributed by atoms with Crippen LogP contribution >= 0.6 is 0 Å². The van der Waals surface area contributed by atoms with Crippen LogP contribution in [0.5, 0.6) is 0 Å². The van der Waals surface area contributed by atoms with E-state index < -0.39 is 0 Å². The predicted octanol–water partition coefficient (Wildman–Crippen LogP) is 2.43. The van der Waals surface area contributed by atoms with E-state index in [4.69, 9.17) is 0 Å². The molecule has 0 aromatic heterocycles. The summed E-state index contributed by atoms with van der Waals surface area (Å²) < 4.78 is 0. The fourth-order valence-electron chi connectivity index (χ4n) is 3.03. The zero-order chi connectivity index (χ0) is 14.3. The second-order valence-corrected chi connectivity index (χ2v) is 6.45. The van der Waals surface area contributed by atoms with Crippen molar-refractivity contribution in [2.24, 2.45) is 5.92 Å². The van der Waals surface area contributed by atoms with E-state index in [-0.39, 0.29) is 0 Å². The summed E-state index contributed by atoms with van der Waals surface area (Å²) >= 11 is 0. The number of nitrogens with zero attached hydrogens (tertiary/aromatic N) is 2. The fraction of sp³-hybridized carbons (Fsp3) is 1.00. The molecule has 1 fully saturated rings. The normalized spacial score (nSPS) is 21.8. The van der Waals surface area contributed by atoms with Crippen LogP contribution in [0.3, 0.4) is 0 Å². The average molecular weight is 269 g/mol. The molecule has 0 aliphatic carbocycles. The van der Waals surface area contributed by atoms with E-state index in [1.165, 1.54) is 45.4 Å². The van der Waals surface area contributed by atoms with Crippen molar-refractivity contribution in [2.45, 2.75) is 59.0 Å². The van der Waals surface area contributed by atoms with Crippen LogP contribution in [-0.2, 0) is 0 Å². The lowest BCUT2D eigenvalue weighted by Crippen LogP contribution is -2.54. The summed E-state index contributed by atoms with van der Waals surface area (Å²) in [6.07, 6.45) is 3.85. The molecule has 0 bridgehead atoms. The van der Waals surface area contributed by atoms with Crippen LogP contribution in [0.25, 0.3) is 0 Å². The lowest BCUT2D eigenvalue weighted by molar-refractivity contribution is 0.0857. The molecule has 1 heterocycles. The van der Waals surface area contributed by atoms with Gasteiger partial charge in [-0.3, -0.25) is 4.90 Å². The van der Waals surface area contributed by atoms with Crippen LogP contribution in [0, 0.1) is 5.92 Å². The molecule has 0 aromatic rings. The van der Waals surface area contributed by atoms with Crippen LogP contribution in [0.4, 0.5) is 0 Å². The van der Waals surface area contributed by atoms with E-state index >= 15 is 0 Å². The van der Waals surface area contributed by atoms with Gasteiger partial charge in [0.2, 0.25) is 0 Å². The third kappa shape index (κ3) is 5.80. The second kappa shape index (κ2) is 8.93. The minimum Gasteiger partial charge on any atom is -0.312 e. The van der Waals surface area contributed by atoms with Gasteiger partial charge in [-0.25, -0.2) is 0 Å². The molecular formula is C16H35N3. The number of rotatable bonds is 8. The lowest BCUT2D eigenvalue weighted by atomic mass is 10.0. The number of nitrogens with one attached hydrogen (secondary N) is 1. The number of hydrogen-bond donors (Lipinski definition) is 1. The van der Waals surface area contributed by atoms with Gasteiger partial charge < -0.3 is 10.2 Å². The molecular weight excluding hydrogens is 234 g/mol. The van der Waals surface area contributed by atoms with E-state index in [9.17, 15) is 0 Å². The van der Waals surface area contributed by atoms with Crippen LogP contribution in [0.15, 0.2) is 0 Å². The number of piperazine rings is 1.